The molecule has 152 valence electrons. The molecule has 1 N–H and O–H groups in total. The average Bonchev–Trinajstić information content (AvgIpc) is 2.71. The van der Waals surface area contributed by atoms with Gasteiger partial charge in [0, 0.05) is 26.6 Å². The van der Waals surface area contributed by atoms with Gasteiger partial charge in [0.2, 0.25) is 5.88 Å². The van der Waals surface area contributed by atoms with Crippen molar-refractivity contribution in [2.24, 2.45) is 0 Å². The summed E-state index contributed by atoms with van der Waals surface area (Å²) in [6.45, 7) is 1.34. The Morgan fingerprint density at radius 1 is 1.07 bits per heavy atom. The fourth-order valence-electron chi connectivity index (χ4n) is 2.92. The van der Waals surface area contributed by atoms with Crippen molar-refractivity contribution in [3.05, 3.63) is 76.0 Å². The molecule has 1 aromatic heterocycles. The molecule has 0 saturated carbocycles. The van der Waals surface area contributed by atoms with Crippen molar-refractivity contribution in [1.29, 1.82) is 0 Å². The summed E-state index contributed by atoms with van der Waals surface area (Å²) in [6, 6.07) is 8.65. The third-order valence-corrected chi connectivity index (χ3v) is 4.35. The van der Waals surface area contributed by atoms with Gasteiger partial charge < -0.3 is 14.8 Å². The molecular formula is C20H18F3N3O3. The monoisotopic (exact) mass is 405 g/mol. The lowest BCUT2D eigenvalue weighted by atomic mass is 10.2. The number of halogens is 3. The van der Waals surface area contributed by atoms with Gasteiger partial charge >= 0.3 is 5.69 Å². The maximum atomic E-state index is 14.3. The highest BCUT2D eigenvalue weighted by Gasteiger charge is 2.13. The van der Waals surface area contributed by atoms with E-state index >= 15 is 0 Å². The Kier molecular flexibility index (Phi) is 5.11. The molecule has 0 bridgehead atoms. The van der Waals surface area contributed by atoms with Crippen molar-refractivity contribution < 1.29 is 24.1 Å². The maximum Gasteiger partial charge on any atom is 0.352 e. The highest BCUT2D eigenvalue weighted by atomic mass is 19.2. The van der Waals surface area contributed by atoms with Gasteiger partial charge in [0.1, 0.15) is 18.2 Å². The Bertz CT molecular complexity index is 1120. The van der Waals surface area contributed by atoms with E-state index in [2.05, 4.69) is 10.3 Å². The summed E-state index contributed by atoms with van der Waals surface area (Å²) in [6.07, 6.45) is 0.840. The van der Waals surface area contributed by atoms with Crippen molar-refractivity contribution in [1.82, 2.24) is 9.55 Å². The first-order valence-corrected chi connectivity index (χ1v) is 8.89. The highest BCUT2D eigenvalue weighted by Crippen LogP contribution is 2.27. The fraction of sp³-hybridized carbons (Fsp3) is 0.200. The topological polar surface area (TPSA) is 65.4 Å². The number of nitrogens with zero attached hydrogens (tertiary/aromatic N) is 2. The molecule has 3 aromatic rings. The first-order valence-electron chi connectivity index (χ1n) is 8.89. The van der Waals surface area contributed by atoms with Crippen LogP contribution >= 0.6 is 0 Å². The van der Waals surface area contributed by atoms with Crippen LogP contribution in [0.2, 0.25) is 0 Å². The van der Waals surface area contributed by atoms with Crippen LogP contribution in [0.25, 0.3) is 0 Å². The van der Waals surface area contributed by atoms with Crippen molar-refractivity contribution in [3.63, 3.8) is 0 Å². The van der Waals surface area contributed by atoms with E-state index in [0.717, 1.165) is 25.1 Å². The molecule has 0 spiro atoms. The standard InChI is InChI=1S/C20H16F3N3O3.H2/c21-14-4-3-13(9-15(14)22)29-17-5-2-12(8-16(17)23)11-28-19-10-18-24-6-1-7-26(18)20(27)25-19;/h2-5,8-10,24H,1,6-7,11H2;1H. The zero-order valence-electron chi connectivity index (χ0n) is 15.1. The highest BCUT2D eigenvalue weighted by molar-refractivity contribution is 5.40. The average molecular weight is 405 g/mol. The molecule has 9 heteroatoms. The zero-order valence-corrected chi connectivity index (χ0v) is 15.1. The van der Waals surface area contributed by atoms with Crippen molar-refractivity contribution in [3.8, 4) is 17.4 Å². The summed E-state index contributed by atoms with van der Waals surface area (Å²) in [5.41, 5.74) is 0.0684. The molecule has 0 saturated heterocycles. The minimum atomic E-state index is -1.09. The summed E-state index contributed by atoms with van der Waals surface area (Å²) in [7, 11) is 0. The van der Waals surface area contributed by atoms with Crippen molar-refractivity contribution in [2.75, 3.05) is 11.9 Å². The molecule has 0 aliphatic carbocycles. The molecule has 0 unspecified atom stereocenters. The van der Waals surface area contributed by atoms with Crippen LogP contribution in [-0.2, 0) is 13.2 Å². The first-order chi connectivity index (χ1) is 14.0. The number of aromatic nitrogens is 2. The van der Waals surface area contributed by atoms with E-state index in [1.54, 1.807) is 12.1 Å². The van der Waals surface area contributed by atoms with Crippen LogP contribution in [0.1, 0.15) is 13.4 Å². The molecule has 29 heavy (non-hydrogen) atoms. The van der Waals surface area contributed by atoms with Gasteiger partial charge in [-0.05, 0) is 36.2 Å². The van der Waals surface area contributed by atoms with E-state index in [1.165, 1.54) is 22.8 Å². The second-order valence-corrected chi connectivity index (χ2v) is 6.43. The summed E-state index contributed by atoms with van der Waals surface area (Å²) < 4.78 is 52.8. The molecule has 0 radical (unpaired) electrons. The SMILES string of the molecule is O=c1nc(OCc2ccc(Oc3ccc(F)c(F)c3)c(F)c2)cc2n1CCCN2.[HH]. The molecule has 2 heterocycles. The lowest BCUT2D eigenvalue weighted by molar-refractivity contribution is 0.290. The van der Waals surface area contributed by atoms with Gasteiger partial charge in [-0.25, -0.2) is 18.0 Å². The minimum absolute atomic E-state index is 0. The first kappa shape index (κ1) is 18.9. The van der Waals surface area contributed by atoms with Crippen LogP contribution in [0, 0.1) is 17.5 Å². The third-order valence-electron chi connectivity index (χ3n) is 4.35. The van der Waals surface area contributed by atoms with E-state index in [1.807, 2.05) is 0 Å². The Balaban J connectivity index is 0.00000256. The Morgan fingerprint density at radius 2 is 1.93 bits per heavy atom. The second-order valence-electron chi connectivity index (χ2n) is 6.43. The van der Waals surface area contributed by atoms with E-state index in [-0.39, 0.29) is 25.4 Å². The van der Waals surface area contributed by atoms with Crippen molar-refractivity contribution >= 4 is 5.82 Å². The zero-order chi connectivity index (χ0) is 20.4. The molecule has 0 fully saturated rings. The van der Waals surface area contributed by atoms with E-state index in [0.29, 0.717) is 17.9 Å². The van der Waals surface area contributed by atoms with Gasteiger partial charge in [-0.3, -0.25) is 4.57 Å². The molecule has 1 aliphatic rings. The number of hydrogen-bond acceptors (Lipinski definition) is 5. The number of fused-ring (bicyclic) bond motifs is 1. The van der Waals surface area contributed by atoms with Crippen molar-refractivity contribution in [2.45, 2.75) is 19.6 Å². The Hall–Kier alpha value is -3.49. The van der Waals surface area contributed by atoms with E-state index in [4.69, 9.17) is 9.47 Å². The van der Waals surface area contributed by atoms with Gasteiger partial charge in [-0.1, -0.05) is 6.07 Å². The summed E-state index contributed by atoms with van der Waals surface area (Å²) in [4.78, 5) is 15.9. The lowest BCUT2D eigenvalue weighted by Gasteiger charge is -2.19. The smallest absolute Gasteiger partial charge is 0.352 e. The number of nitrogens with one attached hydrogen (secondary N) is 1. The quantitative estimate of drug-likeness (QED) is 0.693. The largest absolute Gasteiger partial charge is 0.473 e. The van der Waals surface area contributed by atoms with Gasteiger partial charge in [0.15, 0.2) is 23.2 Å². The summed E-state index contributed by atoms with van der Waals surface area (Å²) >= 11 is 0. The molecule has 4 rings (SSSR count). The normalized spacial score (nSPS) is 12.8. The number of ether oxygens (including phenoxy) is 2. The number of benzene rings is 2. The van der Waals surface area contributed by atoms with E-state index < -0.39 is 23.1 Å². The van der Waals surface area contributed by atoms with Crippen LogP contribution < -0.4 is 20.5 Å². The molecule has 6 nitrogen and oxygen atoms in total. The maximum absolute atomic E-state index is 14.3. The lowest BCUT2D eigenvalue weighted by Crippen LogP contribution is -2.30. The number of anilines is 1. The summed E-state index contributed by atoms with van der Waals surface area (Å²) in [5.74, 6) is -2.21. The second kappa shape index (κ2) is 7.86. The van der Waals surface area contributed by atoms with Crippen LogP contribution in [0.15, 0.2) is 47.3 Å². The van der Waals surface area contributed by atoms with Gasteiger partial charge in [0.25, 0.3) is 0 Å². The molecule has 0 amide bonds. The Labute approximate surface area is 165 Å². The van der Waals surface area contributed by atoms with E-state index in [9.17, 15) is 18.0 Å². The van der Waals surface area contributed by atoms with Gasteiger partial charge in [-0.15, -0.1) is 0 Å². The molecular weight excluding hydrogens is 387 g/mol. The van der Waals surface area contributed by atoms with Crippen LogP contribution in [0.5, 0.6) is 17.4 Å². The molecule has 1 aliphatic heterocycles. The van der Waals surface area contributed by atoms with Crippen LogP contribution in [0.4, 0.5) is 19.0 Å². The number of hydrogen-bond donors (Lipinski definition) is 1. The Morgan fingerprint density at radius 3 is 2.72 bits per heavy atom. The fourth-order valence-corrected chi connectivity index (χ4v) is 2.92. The molecule has 0 atom stereocenters. The van der Waals surface area contributed by atoms with Crippen LogP contribution in [-0.4, -0.2) is 16.1 Å². The third kappa shape index (κ3) is 4.18. The van der Waals surface area contributed by atoms with Crippen LogP contribution in [0.3, 0.4) is 0 Å². The summed E-state index contributed by atoms with van der Waals surface area (Å²) in [5, 5.41) is 3.11. The number of rotatable bonds is 5. The van der Waals surface area contributed by atoms with Gasteiger partial charge in [-0.2, -0.15) is 4.98 Å². The predicted molar refractivity (Wildman–Crippen MR) is 101 cm³/mol. The predicted octanol–water partition coefficient (Wildman–Crippen LogP) is 4.09. The van der Waals surface area contributed by atoms with Gasteiger partial charge in [0.05, 0.1) is 0 Å². The minimum Gasteiger partial charge on any atom is -0.473 e. The molecule has 2 aromatic carbocycles.